The lowest BCUT2D eigenvalue weighted by molar-refractivity contribution is -0.124. The first-order valence-electron chi connectivity index (χ1n) is 5.82. The minimum atomic E-state index is -0.507. The summed E-state index contributed by atoms with van der Waals surface area (Å²) in [5, 5.41) is 2.72. The first-order valence-corrected chi connectivity index (χ1v) is 5.82. The Morgan fingerprint density at radius 3 is 2.58 bits per heavy atom. The lowest BCUT2D eigenvalue weighted by Crippen LogP contribution is -2.26. The molecule has 1 aromatic carbocycles. The van der Waals surface area contributed by atoms with E-state index < -0.39 is 6.10 Å². The lowest BCUT2D eigenvalue weighted by Gasteiger charge is -2.10. The number of amides is 1. The molecule has 2 aromatic rings. The van der Waals surface area contributed by atoms with Gasteiger partial charge < -0.3 is 15.0 Å². The zero-order chi connectivity index (χ0) is 13.8. The normalized spacial score (nSPS) is 12.1. The molecular formula is C13H15N3O3. The van der Waals surface area contributed by atoms with E-state index in [2.05, 4.69) is 10.3 Å². The smallest absolute Gasteiger partial charge is 0.330 e. The van der Waals surface area contributed by atoms with Gasteiger partial charge in [-0.15, -0.1) is 0 Å². The van der Waals surface area contributed by atoms with Gasteiger partial charge >= 0.3 is 5.69 Å². The summed E-state index contributed by atoms with van der Waals surface area (Å²) in [5.74, 6) is -0.214. The van der Waals surface area contributed by atoms with Crippen LogP contribution < -0.4 is 11.0 Å². The van der Waals surface area contributed by atoms with Crippen molar-refractivity contribution in [3.8, 4) is 5.69 Å². The van der Waals surface area contributed by atoms with Crippen molar-refractivity contribution in [1.82, 2.24) is 9.55 Å². The Labute approximate surface area is 110 Å². The molecule has 0 radical (unpaired) electrons. The standard InChI is InChI=1S/C13H15N3O3/c1-9(19-2)12(17)15-10-3-5-11(6-4-10)16-8-7-14-13(16)18/h3-9H,1-2H3,(H,14,18)(H,15,17). The summed E-state index contributed by atoms with van der Waals surface area (Å²) in [4.78, 5) is 25.6. The number of H-pyrrole nitrogens is 1. The molecule has 100 valence electrons. The Kier molecular flexibility index (Phi) is 3.82. The second-order valence-corrected chi connectivity index (χ2v) is 4.05. The second-order valence-electron chi connectivity index (χ2n) is 4.05. The van der Waals surface area contributed by atoms with Gasteiger partial charge in [0.15, 0.2) is 0 Å². The summed E-state index contributed by atoms with van der Waals surface area (Å²) >= 11 is 0. The number of carbonyl (C=O) groups is 1. The van der Waals surface area contributed by atoms with Gasteiger partial charge in [0.2, 0.25) is 0 Å². The maximum Gasteiger partial charge on any atom is 0.330 e. The van der Waals surface area contributed by atoms with Crippen LogP contribution in [0.2, 0.25) is 0 Å². The van der Waals surface area contributed by atoms with Crippen molar-refractivity contribution >= 4 is 11.6 Å². The number of aromatic nitrogens is 2. The molecule has 6 nitrogen and oxygen atoms in total. The zero-order valence-corrected chi connectivity index (χ0v) is 10.7. The second kappa shape index (κ2) is 5.53. The quantitative estimate of drug-likeness (QED) is 0.866. The number of anilines is 1. The number of methoxy groups -OCH3 is 1. The molecule has 0 aliphatic heterocycles. The summed E-state index contributed by atoms with van der Waals surface area (Å²) in [5.41, 5.74) is 1.18. The van der Waals surface area contributed by atoms with Gasteiger partial charge in [0.25, 0.3) is 5.91 Å². The van der Waals surface area contributed by atoms with Crippen LogP contribution in [0.4, 0.5) is 5.69 Å². The van der Waals surface area contributed by atoms with Gasteiger partial charge in [0.05, 0.1) is 5.69 Å². The summed E-state index contributed by atoms with van der Waals surface area (Å²) in [6, 6.07) is 6.97. The molecule has 1 heterocycles. The minimum absolute atomic E-state index is 0.204. The third-order valence-corrected chi connectivity index (χ3v) is 2.79. The van der Waals surface area contributed by atoms with Crippen LogP contribution in [0.15, 0.2) is 41.5 Å². The van der Waals surface area contributed by atoms with E-state index in [1.54, 1.807) is 43.6 Å². The van der Waals surface area contributed by atoms with Crippen LogP contribution in [0.25, 0.3) is 5.69 Å². The van der Waals surface area contributed by atoms with Crippen LogP contribution in [0.5, 0.6) is 0 Å². The molecule has 1 atom stereocenters. The van der Waals surface area contributed by atoms with Crippen molar-refractivity contribution in [2.45, 2.75) is 13.0 Å². The Hall–Kier alpha value is -2.34. The van der Waals surface area contributed by atoms with Gasteiger partial charge in [-0.3, -0.25) is 9.36 Å². The molecule has 0 aliphatic rings. The molecule has 2 rings (SSSR count). The summed E-state index contributed by atoms with van der Waals surface area (Å²) in [7, 11) is 1.48. The molecule has 0 saturated heterocycles. The van der Waals surface area contributed by atoms with Crippen molar-refractivity contribution in [3.05, 3.63) is 47.1 Å². The maximum absolute atomic E-state index is 11.6. The van der Waals surface area contributed by atoms with E-state index in [0.29, 0.717) is 5.69 Å². The highest BCUT2D eigenvalue weighted by molar-refractivity contribution is 5.93. The van der Waals surface area contributed by atoms with E-state index in [-0.39, 0.29) is 11.6 Å². The average Bonchev–Trinajstić information content (AvgIpc) is 2.85. The van der Waals surface area contributed by atoms with Crippen LogP contribution in [0.1, 0.15) is 6.92 Å². The first kappa shape index (κ1) is 13.1. The fourth-order valence-electron chi connectivity index (χ4n) is 1.58. The van der Waals surface area contributed by atoms with E-state index in [9.17, 15) is 9.59 Å². The Morgan fingerprint density at radius 2 is 2.05 bits per heavy atom. The molecular weight excluding hydrogens is 246 g/mol. The average molecular weight is 261 g/mol. The highest BCUT2D eigenvalue weighted by atomic mass is 16.5. The number of benzene rings is 1. The van der Waals surface area contributed by atoms with E-state index in [1.165, 1.54) is 11.7 Å². The van der Waals surface area contributed by atoms with Crippen molar-refractivity contribution < 1.29 is 9.53 Å². The number of imidazole rings is 1. The molecule has 0 saturated carbocycles. The Balaban J connectivity index is 2.13. The number of aromatic amines is 1. The highest BCUT2D eigenvalue weighted by Crippen LogP contribution is 2.12. The fourth-order valence-corrected chi connectivity index (χ4v) is 1.58. The fraction of sp³-hybridized carbons (Fsp3) is 0.231. The van der Waals surface area contributed by atoms with Crippen molar-refractivity contribution in [1.29, 1.82) is 0 Å². The van der Waals surface area contributed by atoms with Gasteiger partial charge in [0.1, 0.15) is 6.10 Å². The number of nitrogens with zero attached hydrogens (tertiary/aromatic N) is 1. The number of hydrogen-bond donors (Lipinski definition) is 2. The minimum Gasteiger partial charge on any atom is -0.372 e. The monoisotopic (exact) mass is 261 g/mol. The lowest BCUT2D eigenvalue weighted by atomic mass is 10.2. The van der Waals surface area contributed by atoms with Gasteiger partial charge in [-0.05, 0) is 31.2 Å². The van der Waals surface area contributed by atoms with Crippen molar-refractivity contribution in [2.24, 2.45) is 0 Å². The zero-order valence-electron chi connectivity index (χ0n) is 10.7. The molecule has 1 aromatic heterocycles. The summed E-state index contributed by atoms with van der Waals surface area (Å²) < 4.78 is 6.40. The van der Waals surface area contributed by atoms with Crippen LogP contribution in [-0.4, -0.2) is 28.7 Å². The molecule has 1 amide bonds. The van der Waals surface area contributed by atoms with E-state index in [0.717, 1.165) is 5.69 Å². The molecule has 0 fully saturated rings. The van der Waals surface area contributed by atoms with E-state index in [1.807, 2.05) is 0 Å². The maximum atomic E-state index is 11.6. The third-order valence-electron chi connectivity index (χ3n) is 2.79. The molecule has 0 bridgehead atoms. The van der Waals surface area contributed by atoms with Crippen molar-refractivity contribution in [3.63, 3.8) is 0 Å². The van der Waals surface area contributed by atoms with Crippen LogP contribution in [0, 0.1) is 0 Å². The van der Waals surface area contributed by atoms with E-state index in [4.69, 9.17) is 4.74 Å². The van der Waals surface area contributed by atoms with Gasteiger partial charge in [0, 0.05) is 25.2 Å². The largest absolute Gasteiger partial charge is 0.372 e. The highest BCUT2D eigenvalue weighted by Gasteiger charge is 2.11. The number of rotatable bonds is 4. The first-order chi connectivity index (χ1) is 9.11. The predicted molar refractivity (Wildman–Crippen MR) is 71.5 cm³/mol. The number of nitrogens with one attached hydrogen (secondary N) is 2. The van der Waals surface area contributed by atoms with Crippen molar-refractivity contribution in [2.75, 3.05) is 12.4 Å². The molecule has 0 spiro atoms. The number of hydrogen-bond acceptors (Lipinski definition) is 3. The molecule has 19 heavy (non-hydrogen) atoms. The molecule has 6 heteroatoms. The summed E-state index contributed by atoms with van der Waals surface area (Å²) in [6.45, 7) is 1.67. The topological polar surface area (TPSA) is 76.1 Å². The third kappa shape index (κ3) is 2.92. The van der Waals surface area contributed by atoms with Crippen LogP contribution >= 0.6 is 0 Å². The van der Waals surface area contributed by atoms with Crippen LogP contribution in [0.3, 0.4) is 0 Å². The summed E-state index contributed by atoms with van der Waals surface area (Å²) in [6.07, 6.45) is 2.70. The Bertz CT molecular complexity index is 613. The molecule has 0 aliphatic carbocycles. The molecule has 1 unspecified atom stereocenters. The van der Waals surface area contributed by atoms with E-state index >= 15 is 0 Å². The Morgan fingerprint density at radius 1 is 1.37 bits per heavy atom. The molecule has 2 N–H and O–H groups in total. The number of carbonyl (C=O) groups excluding carboxylic acids is 1. The predicted octanol–water partition coefficient (Wildman–Crippen LogP) is 1.14. The van der Waals surface area contributed by atoms with Gasteiger partial charge in [-0.1, -0.05) is 0 Å². The van der Waals surface area contributed by atoms with Gasteiger partial charge in [-0.25, -0.2) is 4.79 Å². The van der Waals surface area contributed by atoms with Gasteiger partial charge in [-0.2, -0.15) is 0 Å². The SMILES string of the molecule is COC(C)C(=O)Nc1ccc(-n2cc[nH]c2=O)cc1. The number of ether oxygens (including phenoxy) is 1. The van der Waals surface area contributed by atoms with Crippen LogP contribution in [-0.2, 0) is 9.53 Å².